The van der Waals surface area contributed by atoms with Crippen LogP contribution in [-0.2, 0) is 0 Å². The summed E-state index contributed by atoms with van der Waals surface area (Å²) in [6.07, 6.45) is 3.26. The smallest absolute Gasteiger partial charge is 0.322 e. The first-order valence-electron chi connectivity index (χ1n) is 5.53. The lowest BCUT2D eigenvalue weighted by Crippen LogP contribution is -2.10. The maximum absolute atomic E-state index is 11.9. The molecule has 0 aliphatic carbocycles. The van der Waals surface area contributed by atoms with Gasteiger partial charge in [0.05, 0.1) is 14.2 Å². The summed E-state index contributed by atoms with van der Waals surface area (Å²) in [4.78, 5) is 16.4. The summed E-state index contributed by atoms with van der Waals surface area (Å²) < 4.78 is 6.25. The lowest BCUT2D eigenvalue weighted by molar-refractivity contribution is 0.102. The maximum atomic E-state index is 11.9. The van der Waals surface area contributed by atoms with Gasteiger partial charge in [0, 0.05) is 12.4 Å². The summed E-state index contributed by atoms with van der Waals surface area (Å²) in [7, 11) is 0. The van der Waals surface area contributed by atoms with E-state index in [1.165, 1.54) is 11.3 Å². The van der Waals surface area contributed by atoms with Crippen LogP contribution in [0, 0.1) is 0 Å². The Bertz CT molecular complexity index is 741. The van der Waals surface area contributed by atoms with Gasteiger partial charge in [0.15, 0.2) is 0 Å². The van der Waals surface area contributed by atoms with Crippen LogP contribution in [0.1, 0.15) is 9.67 Å². The highest BCUT2D eigenvalue weighted by molar-refractivity contribution is 9.11. The molecule has 3 heterocycles. The summed E-state index contributed by atoms with van der Waals surface area (Å²) in [5, 5.41) is 10.2. The van der Waals surface area contributed by atoms with E-state index >= 15 is 0 Å². The van der Waals surface area contributed by atoms with Crippen LogP contribution >= 0.6 is 27.3 Å². The van der Waals surface area contributed by atoms with Gasteiger partial charge in [-0.3, -0.25) is 15.1 Å². The van der Waals surface area contributed by atoms with Crippen LogP contribution in [0.3, 0.4) is 0 Å². The van der Waals surface area contributed by atoms with Crippen LogP contribution < -0.4 is 5.32 Å². The molecule has 1 N–H and O–H groups in total. The monoisotopic (exact) mass is 350 g/mol. The number of amides is 1. The Morgan fingerprint density at radius 2 is 2.20 bits per heavy atom. The second kappa shape index (κ2) is 5.51. The number of aromatic nitrogens is 3. The molecule has 0 unspecified atom stereocenters. The number of nitrogens with one attached hydrogen (secondary N) is 1. The number of thiophene rings is 1. The Labute approximate surface area is 126 Å². The zero-order valence-corrected chi connectivity index (χ0v) is 12.3. The van der Waals surface area contributed by atoms with E-state index in [1.54, 1.807) is 36.7 Å². The topological polar surface area (TPSA) is 80.9 Å². The molecule has 0 saturated heterocycles. The molecule has 20 heavy (non-hydrogen) atoms. The van der Waals surface area contributed by atoms with E-state index in [0.29, 0.717) is 16.3 Å². The molecule has 0 aliphatic heterocycles. The Hall–Kier alpha value is -2.06. The van der Waals surface area contributed by atoms with Crippen LogP contribution in [0.15, 0.2) is 44.9 Å². The normalized spacial score (nSPS) is 10.4. The van der Waals surface area contributed by atoms with Crippen LogP contribution in [0.25, 0.3) is 11.5 Å². The van der Waals surface area contributed by atoms with Gasteiger partial charge < -0.3 is 4.42 Å². The molecule has 3 aromatic rings. The molecule has 0 spiro atoms. The number of rotatable bonds is 3. The van der Waals surface area contributed by atoms with Crippen molar-refractivity contribution < 1.29 is 9.21 Å². The van der Waals surface area contributed by atoms with E-state index < -0.39 is 0 Å². The minimum absolute atomic E-state index is 0.0541. The number of halogens is 1. The van der Waals surface area contributed by atoms with Gasteiger partial charge in [0.2, 0.25) is 0 Å². The quantitative estimate of drug-likeness (QED) is 0.784. The lowest BCUT2D eigenvalue weighted by atomic mass is 10.3. The average Bonchev–Trinajstić information content (AvgIpc) is 3.09. The van der Waals surface area contributed by atoms with E-state index in [0.717, 1.165) is 3.79 Å². The van der Waals surface area contributed by atoms with Gasteiger partial charge >= 0.3 is 6.01 Å². The van der Waals surface area contributed by atoms with Crippen molar-refractivity contribution in [2.75, 3.05) is 5.32 Å². The third-order valence-electron chi connectivity index (χ3n) is 2.35. The number of hydrogen-bond donors (Lipinski definition) is 1. The summed E-state index contributed by atoms with van der Waals surface area (Å²) in [6.45, 7) is 0. The SMILES string of the molecule is O=C(Nc1nnc(-c2cccnc2)o1)c1ccc(Br)s1. The van der Waals surface area contributed by atoms with Gasteiger partial charge in [-0.2, -0.15) is 0 Å². The van der Waals surface area contributed by atoms with Gasteiger partial charge in [0.1, 0.15) is 0 Å². The fourth-order valence-corrected chi connectivity index (χ4v) is 2.76. The second-order valence-electron chi connectivity index (χ2n) is 3.71. The van der Waals surface area contributed by atoms with Crippen molar-refractivity contribution in [3.8, 4) is 11.5 Å². The van der Waals surface area contributed by atoms with Crippen LogP contribution in [0.5, 0.6) is 0 Å². The highest BCUT2D eigenvalue weighted by Crippen LogP contribution is 2.23. The van der Waals surface area contributed by atoms with E-state index in [2.05, 4.69) is 36.4 Å². The Balaban J connectivity index is 1.76. The maximum Gasteiger partial charge on any atom is 0.322 e. The lowest BCUT2D eigenvalue weighted by Gasteiger charge is -1.96. The minimum atomic E-state index is -0.290. The first kappa shape index (κ1) is 12.9. The highest BCUT2D eigenvalue weighted by atomic mass is 79.9. The van der Waals surface area contributed by atoms with Crippen molar-refractivity contribution in [3.63, 3.8) is 0 Å². The number of carbonyl (C=O) groups is 1. The van der Waals surface area contributed by atoms with E-state index in [-0.39, 0.29) is 11.9 Å². The fraction of sp³-hybridized carbons (Fsp3) is 0. The molecule has 100 valence electrons. The molecule has 0 aliphatic rings. The first-order chi connectivity index (χ1) is 9.72. The summed E-state index contributed by atoms with van der Waals surface area (Å²) >= 11 is 4.62. The molecule has 0 saturated carbocycles. The van der Waals surface area contributed by atoms with Crippen molar-refractivity contribution >= 4 is 39.2 Å². The van der Waals surface area contributed by atoms with Gasteiger partial charge in [-0.25, -0.2) is 0 Å². The van der Waals surface area contributed by atoms with Crippen molar-refractivity contribution in [1.29, 1.82) is 0 Å². The van der Waals surface area contributed by atoms with Gasteiger partial charge in [-0.15, -0.1) is 16.4 Å². The molecule has 0 bridgehead atoms. The van der Waals surface area contributed by atoms with Gasteiger partial charge in [0.25, 0.3) is 11.8 Å². The number of anilines is 1. The molecule has 0 aromatic carbocycles. The summed E-state index contributed by atoms with van der Waals surface area (Å²) in [5.74, 6) is 0.0165. The molecule has 0 radical (unpaired) electrons. The third-order valence-corrected chi connectivity index (χ3v) is 3.97. The largest absolute Gasteiger partial charge is 0.403 e. The van der Waals surface area contributed by atoms with Crippen molar-refractivity contribution in [1.82, 2.24) is 15.2 Å². The highest BCUT2D eigenvalue weighted by Gasteiger charge is 2.14. The zero-order valence-electron chi connectivity index (χ0n) is 9.91. The van der Waals surface area contributed by atoms with Crippen molar-refractivity contribution in [2.45, 2.75) is 0 Å². The average molecular weight is 351 g/mol. The molecule has 1 amide bonds. The fourth-order valence-electron chi connectivity index (χ4n) is 1.47. The first-order valence-corrected chi connectivity index (χ1v) is 7.14. The van der Waals surface area contributed by atoms with Gasteiger partial charge in [-0.1, -0.05) is 5.10 Å². The molecule has 6 nitrogen and oxygen atoms in total. The molecular formula is C12H7BrN4O2S. The van der Waals surface area contributed by atoms with E-state index in [4.69, 9.17) is 4.42 Å². The zero-order chi connectivity index (χ0) is 13.9. The minimum Gasteiger partial charge on any atom is -0.403 e. The second-order valence-corrected chi connectivity index (χ2v) is 6.17. The van der Waals surface area contributed by atoms with Crippen LogP contribution in [0.4, 0.5) is 6.01 Å². The standard InChI is InChI=1S/C12H7BrN4O2S/c13-9-4-3-8(20-9)10(18)15-12-17-16-11(19-12)7-2-1-5-14-6-7/h1-6H,(H,15,17,18). The predicted octanol–water partition coefficient (Wildman–Crippen LogP) is 3.21. The number of nitrogens with zero attached hydrogens (tertiary/aromatic N) is 3. The predicted molar refractivity (Wildman–Crippen MR) is 77.5 cm³/mol. The molecular weight excluding hydrogens is 344 g/mol. The summed E-state index contributed by atoms with van der Waals surface area (Å²) in [6, 6.07) is 7.12. The van der Waals surface area contributed by atoms with Crippen LogP contribution in [0.2, 0.25) is 0 Å². The summed E-state index contributed by atoms with van der Waals surface area (Å²) in [5.41, 5.74) is 0.694. The van der Waals surface area contributed by atoms with Crippen molar-refractivity contribution in [2.24, 2.45) is 0 Å². The number of hydrogen-bond acceptors (Lipinski definition) is 6. The molecule has 0 fully saturated rings. The van der Waals surface area contributed by atoms with E-state index in [1.807, 2.05) is 0 Å². The van der Waals surface area contributed by atoms with E-state index in [9.17, 15) is 4.79 Å². The van der Waals surface area contributed by atoms with Crippen LogP contribution in [-0.4, -0.2) is 21.1 Å². The molecule has 8 heteroatoms. The van der Waals surface area contributed by atoms with Gasteiger partial charge in [-0.05, 0) is 40.2 Å². The Morgan fingerprint density at radius 3 is 2.90 bits per heavy atom. The molecule has 3 aromatic heterocycles. The molecule has 3 rings (SSSR count). The number of pyridine rings is 1. The number of carbonyl (C=O) groups excluding carboxylic acids is 1. The Kier molecular flexibility index (Phi) is 3.57. The Morgan fingerprint density at radius 1 is 1.30 bits per heavy atom. The third kappa shape index (κ3) is 2.75. The molecule has 0 atom stereocenters. The van der Waals surface area contributed by atoms with Crippen molar-refractivity contribution in [3.05, 3.63) is 45.3 Å².